The number of piperazine rings is 1. The number of nitrogens with zero attached hydrogens (tertiary/aromatic N) is 2. The Hall–Kier alpha value is -3.06. The highest BCUT2D eigenvalue weighted by Crippen LogP contribution is 2.36. The van der Waals surface area contributed by atoms with Gasteiger partial charge in [0, 0.05) is 32.7 Å². The summed E-state index contributed by atoms with van der Waals surface area (Å²) in [5.74, 6) is 1.70. The van der Waals surface area contributed by atoms with Gasteiger partial charge in [-0.25, -0.2) is 0 Å². The first-order valence-corrected chi connectivity index (χ1v) is 11.8. The fraction of sp³-hybridized carbons (Fsp3) is 0.357. The van der Waals surface area contributed by atoms with Crippen molar-refractivity contribution in [1.29, 1.82) is 0 Å². The molecule has 1 N–H and O–H groups in total. The van der Waals surface area contributed by atoms with Crippen molar-refractivity contribution < 1.29 is 19.3 Å². The van der Waals surface area contributed by atoms with Crippen LogP contribution >= 0.6 is 0 Å². The Kier molecular flexibility index (Phi) is 8.41. The fourth-order valence-electron chi connectivity index (χ4n) is 4.58. The van der Waals surface area contributed by atoms with Gasteiger partial charge in [0.25, 0.3) is 0 Å². The van der Waals surface area contributed by atoms with Gasteiger partial charge in [-0.15, -0.1) is 0 Å². The van der Waals surface area contributed by atoms with Crippen molar-refractivity contribution in [3.8, 4) is 17.2 Å². The van der Waals surface area contributed by atoms with E-state index in [4.69, 9.17) is 14.2 Å². The van der Waals surface area contributed by atoms with Gasteiger partial charge in [0.15, 0.2) is 11.5 Å². The molecule has 0 saturated carbocycles. The molecule has 1 aliphatic heterocycles. The van der Waals surface area contributed by atoms with Crippen LogP contribution in [0.3, 0.4) is 0 Å². The number of rotatable bonds is 10. The summed E-state index contributed by atoms with van der Waals surface area (Å²) in [6.07, 6.45) is -0.611. The highest BCUT2D eigenvalue weighted by Gasteiger charge is 2.27. The lowest BCUT2D eigenvalue weighted by molar-refractivity contribution is 0.0390. The molecule has 6 nitrogen and oxygen atoms in total. The van der Waals surface area contributed by atoms with Crippen LogP contribution in [0.5, 0.6) is 17.2 Å². The SMILES string of the molecule is COc1cccc(OC)c1OC[C@@H](O)CN1CCN(C(c2ccccc2)c2ccccc2)CC1. The summed E-state index contributed by atoms with van der Waals surface area (Å²) in [5, 5.41) is 10.7. The first kappa shape index (κ1) is 24.1. The van der Waals surface area contributed by atoms with Crippen LogP contribution in [-0.4, -0.2) is 74.6 Å². The van der Waals surface area contributed by atoms with E-state index in [2.05, 4.69) is 70.5 Å². The van der Waals surface area contributed by atoms with Gasteiger partial charge in [-0.2, -0.15) is 0 Å². The summed E-state index contributed by atoms with van der Waals surface area (Å²) >= 11 is 0. The van der Waals surface area contributed by atoms with Crippen molar-refractivity contribution in [1.82, 2.24) is 9.80 Å². The van der Waals surface area contributed by atoms with Crippen LogP contribution in [0, 0.1) is 0 Å². The molecule has 3 aromatic carbocycles. The summed E-state index contributed by atoms with van der Waals surface area (Å²) < 4.78 is 16.6. The average Bonchev–Trinajstić information content (AvgIpc) is 2.89. The number of ether oxygens (including phenoxy) is 3. The summed E-state index contributed by atoms with van der Waals surface area (Å²) in [6.45, 7) is 4.39. The number of benzene rings is 3. The third-order valence-electron chi connectivity index (χ3n) is 6.27. The molecule has 4 rings (SSSR count). The highest BCUT2D eigenvalue weighted by atomic mass is 16.5. The first-order valence-electron chi connectivity index (χ1n) is 11.8. The second-order valence-corrected chi connectivity index (χ2v) is 8.52. The third-order valence-corrected chi connectivity index (χ3v) is 6.27. The number of methoxy groups -OCH3 is 2. The van der Waals surface area contributed by atoms with Crippen molar-refractivity contribution in [3.05, 3.63) is 90.0 Å². The van der Waals surface area contributed by atoms with Crippen LogP contribution in [-0.2, 0) is 0 Å². The molecule has 0 bridgehead atoms. The molecule has 0 spiro atoms. The molecule has 180 valence electrons. The second-order valence-electron chi connectivity index (χ2n) is 8.52. The minimum absolute atomic E-state index is 0.174. The van der Waals surface area contributed by atoms with Crippen molar-refractivity contribution >= 4 is 0 Å². The molecule has 1 heterocycles. The predicted molar refractivity (Wildman–Crippen MR) is 134 cm³/mol. The van der Waals surface area contributed by atoms with Crippen molar-refractivity contribution in [3.63, 3.8) is 0 Å². The van der Waals surface area contributed by atoms with Crippen molar-refractivity contribution in [2.45, 2.75) is 12.1 Å². The van der Waals surface area contributed by atoms with Crippen LogP contribution in [0.2, 0.25) is 0 Å². The first-order chi connectivity index (χ1) is 16.7. The van der Waals surface area contributed by atoms with E-state index in [-0.39, 0.29) is 12.6 Å². The van der Waals surface area contributed by atoms with E-state index < -0.39 is 6.10 Å². The standard InChI is InChI=1S/C28H34N2O4/c1-32-25-14-9-15-26(33-2)28(25)34-21-24(31)20-29-16-18-30(19-17-29)27(22-10-5-3-6-11-22)23-12-7-4-8-13-23/h3-15,24,27,31H,16-21H2,1-2H3/t24-/m0/s1. The molecule has 0 unspecified atom stereocenters. The van der Waals surface area contributed by atoms with Crippen LogP contribution in [0.4, 0.5) is 0 Å². The van der Waals surface area contributed by atoms with Gasteiger partial charge in [0.05, 0.1) is 20.3 Å². The minimum Gasteiger partial charge on any atom is -0.493 e. The van der Waals surface area contributed by atoms with E-state index >= 15 is 0 Å². The quantitative estimate of drug-likeness (QED) is 0.494. The Bertz CT molecular complexity index is 946. The van der Waals surface area contributed by atoms with E-state index in [9.17, 15) is 5.11 Å². The summed E-state index contributed by atoms with van der Waals surface area (Å²) in [4.78, 5) is 4.83. The molecule has 1 saturated heterocycles. The molecule has 0 radical (unpaired) electrons. The average molecular weight is 463 g/mol. The maximum atomic E-state index is 10.7. The molecular weight excluding hydrogens is 428 g/mol. The molecule has 0 amide bonds. The van der Waals surface area contributed by atoms with Crippen molar-refractivity contribution in [2.24, 2.45) is 0 Å². The fourth-order valence-corrected chi connectivity index (χ4v) is 4.58. The lowest BCUT2D eigenvalue weighted by Gasteiger charge is -2.40. The van der Waals surface area contributed by atoms with Crippen LogP contribution < -0.4 is 14.2 Å². The number of aliphatic hydroxyl groups excluding tert-OH is 1. The largest absolute Gasteiger partial charge is 0.493 e. The minimum atomic E-state index is -0.611. The topological polar surface area (TPSA) is 54.4 Å². The molecule has 34 heavy (non-hydrogen) atoms. The second kappa shape index (κ2) is 11.9. The van der Waals surface area contributed by atoms with Crippen LogP contribution in [0.15, 0.2) is 78.9 Å². The summed E-state index contributed by atoms with van der Waals surface area (Å²) in [6, 6.07) is 27.1. The molecule has 3 aromatic rings. The Labute approximate surface area is 202 Å². The summed E-state index contributed by atoms with van der Waals surface area (Å²) in [7, 11) is 3.19. The zero-order chi connectivity index (χ0) is 23.8. The molecule has 1 fully saturated rings. The smallest absolute Gasteiger partial charge is 0.203 e. The number of β-amino-alcohol motifs (C(OH)–C–C–N with tert-alkyl or cyclic N) is 1. The molecular formula is C28H34N2O4. The maximum absolute atomic E-state index is 10.7. The number of hydrogen-bond donors (Lipinski definition) is 1. The highest BCUT2D eigenvalue weighted by molar-refractivity contribution is 5.51. The zero-order valence-electron chi connectivity index (χ0n) is 20.0. The third kappa shape index (κ3) is 5.89. The lowest BCUT2D eigenvalue weighted by Crippen LogP contribution is -2.50. The van der Waals surface area contributed by atoms with E-state index in [1.54, 1.807) is 14.2 Å². The van der Waals surface area contributed by atoms with E-state index in [1.807, 2.05) is 18.2 Å². The molecule has 0 aromatic heterocycles. The van der Waals surface area contributed by atoms with Gasteiger partial charge in [-0.05, 0) is 23.3 Å². The maximum Gasteiger partial charge on any atom is 0.203 e. The van der Waals surface area contributed by atoms with Gasteiger partial charge < -0.3 is 19.3 Å². The van der Waals surface area contributed by atoms with Gasteiger partial charge in [0.2, 0.25) is 5.75 Å². The Morgan fingerprint density at radius 3 is 1.76 bits per heavy atom. The molecule has 1 aliphatic rings. The Morgan fingerprint density at radius 1 is 0.735 bits per heavy atom. The Balaban J connectivity index is 1.34. The van der Waals surface area contributed by atoms with Crippen LogP contribution in [0.25, 0.3) is 0 Å². The monoisotopic (exact) mass is 462 g/mol. The van der Waals surface area contributed by atoms with Gasteiger partial charge >= 0.3 is 0 Å². The van der Waals surface area contributed by atoms with Crippen LogP contribution in [0.1, 0.15) is 17.2 Å². The van der Waals surface area contributed by atoms with E-state index in [1.165, 1.54) is 11.1 Å². The Morgan fingerprint density at radius 2 is 1.26 bits per heavy atom. The number of hydrogen-bond acceptors (Lipinski definition) is 6. The van der Waals surface area contributed by atoms with E-state index in [0.717, 1.165) is 26.2 Å². The van der Waals surface area contributed by atoms with Gasteiger partial charge in [-0.1, -0.05) is 66.7 Å². The predicted octanol–water partition coefficient (Wildman–Crippen LogP) is 3.85. The molecule has 1 atom stereocenters. The number of para-hydroxylation sites is 1. The van der Waals surface area contributed by atoms with Crippen molar-refractivity contribution in [2.75, 3.05) is 53.6 Å². The summed E-state index contributed by atoms with van der Waals surface area (Å²) in [5.41, 5.74) is 2.61. The molecule has 0 aliphatic carbocycles. The normalized spacial score (nSPS) is 15.8. The van der Waals surface area contributed by atoms with Gasteiger partial charge in [0.1, 0.15) is 12.7 Å². The number of aliphatic hydroxyl groups is 1. The van der Waals surface area contributed by atoms with E-state index in [0.29, 0.717) is 23.8 Å². The zero-order valence-corrected chi connectivity index (χ0v) is 20.0. The van der Waals surface area contributed by atoms with Gasteiger partial charge in [-0.3, -0.25) is 9.80 Å². The molecule has 6 heteroatoms. The lowest BCUT2D eigenvalue weighted by atomic mass is 9.96.